The minimum atomic E-state index is -0.931. The van der Waals surface area contributed by atoms with Crippen molar-refractivity contribution in [1.82, 2.24) is 14.9 Å². The highest BCUT2D eigenvalue weighted by Gasteiger charge is 2.24. The van der Waals surface area contributed by atoms with Crippen LogP contribution in [0.1, 0.15) is 17.5 Å². The second-order valence-electron chi connectivity index (χ2n) is 8.91. The van der Waals surface area contributed by atoms with Crippen molar-refractivity contribution in [3.8, 4) is 0 Å². The molecule has 1 saturated heterocycles. The topological polar surface area (TPSA) is 78.8 Å². The van der Waals surface area contributed by atoms with Crippen LogP contribution in [0, 0.1) is 0 Å². The van der Waals surface area contributed by atoms with E-state index in [0.717, 1.165) is 80.4 Å². The predicted molar refractivity (Wildman–Crippen MR) is 147 cm³/mol. The molecular formula is C27H29ClN4O3S. The minimum absolute atomic E-state index is 0.303. The van der Waals surface area contributed by atoms with Gasteiger partial charge in [0, 0.05) is 41.5 Å². The van der Waals surface area contributed by atoms with Gasteiger partial charge in [-0.1, -0.05) is 29.8 Å². The fraction of sp³-hybridized carbons (Fsp3) is 0.370. The zero-order valence-electron chi connectivity index (χ0n) is 20.0. The summed E-state index contributed by atoms with van der Waals surface area (Å²) in [4.78, 5) is 25.7. The van der Waals surface area contributed by atoms with E-state index in [2.05, 4.69) is 25.8 Å². The van der Waals surface area contributed by atoms with Gasteiger partial charge in [0.25, 0.3) is 0 Å². The number of thioether (sulfide) groups is 1. The number of aliphatic carboxylic acids is 1. The fourth-order valence-corrected chi connectivity index (χ4v) is 5.72. The average Bonchev–Trinajstić information content (AvgIpc) is 3.31. The quantitative estimate of drug-likeness (QED) is 0.313. The summed E-state index contributed by atoms with van der Waals surface area (Å²) in [5, 5.41) is 11.5. The first-order valence-electron chi connectivity index (χ1n) is 12.2. The number of morpholine rings is 1. The number of carboxylic acid groups (broad SMARTS) is 1. The molecule has 0 amide bonds. The normalized spacial score (nSPS) is 16.5. The van der Waals surface area contributed by atoms with Gasteiger partial charge in [0.1, 0.15) is 12.1 Å². The molecule has 0 saturated carbocycles. The first kappa shape index (κ1) is 25.0. The summed E-state index contributed by atoms with van der Waals surface area (Å²) in [6.45, 7) is 5.47. The second-order valence-corrected chi connectivity index (χ2v) is 10.5. The predicted octanol–water partition coefficient (Wildman–Crippen LogP) is 4.90. The Hall–Kier alpha value is -2.65. The molecular weight excluding hydrogens is 496 g/mol. The highest BCUT2D eigenvalue weighted by atomic mass is 35.5. The summed E-state index contributed by atoms with van der Waals surface area (Å²) in [6, 6.07) is 11.5. The average molecular weight is 525 g/mol. The summed E-state index contributed by atoms with van der Waals surface area (Å²) >= 11 is 8.03. The van der Waals surface area contributed by atoms with Gasteiger partial charge in [-0.2, -0.15) is 11.8 Å². The second kappa shape index (κ2) is 11.6. The van der Waals surface area contributed by atoms with Crippen molar-refractivity contribution in [2.45, 2.75) is 12.8 Å². The van der Waals surface area contributed by atoms with Crippen LogP contribution in [0.25, 0.3) is 16.5 Å². The Bertz CT molecular complexity index is 1280. The third-order valence-corrected chi connectivity index (χ3v) is 7.84. The largest absolute Gasteiger partial charge is 0.478 e. The molecule has 36 heavy (non-hydrogen) atoms. The first-order valence-corrected chi connectivity index (χ1v) is 13.8. The number of benzene rings is 2. The monoisotopic (exact) mass is 524 g/mol. The number of anilines is 2. The van der Waals surface area contributed by atoms with Crippen LogP contribution in [0.4, 0.5) is 11.5 Å². The number of rotatable bonds is 9. The van der Waals surface area contributed by atoms with E-state index < -0.39 is 5.97 Å². The van der Waals surface area contributed by atoms with E-state index in [1.807, 2.05) is 36.4 Å². The van der Waals surface area contributed by atoms with E-state index in [1.54, 1.807) is 18.1 Å². The smallest absolute Gasteiger partial charge is 0.335 e. The van der Waals surface area contributed by atoms with Gasteiger partial charge in [-0.05, 0) is 60.5 Å². The summed E-state index contributed by atoms with van der Waals surface area (Å²) < 4.78 is 5.39. The molecule has 5 rings (SSSR count). The van der Waals surface area contributed by atoms with E-state index in [4.69, 9.17) is 16.3 Å². The number of carbonyl (C=O) groups is 1. The van der Waals surface area contributed by atoms with Crippen LogP contribution in [-0.2, 0) is 16.0 Å². The molecule has 2 aromatic carbocycles. The van der Waals surface area contributed by atoms with Crippen LogP contribution < -0.4 is 4.90 Å². The van der Waals surface area contributed by atoms with Crippen molar-refractivity contribution in [3.63, 3.8) is 0 Å². The highest BCUT2D eigenvalue weighted by Crippen LogP contribution is 2.38. The van der Waals surface area contributed by atoms with Gasteiger partial charge in [-0.15, -0.1) is 0 Å². The molecule has 0 aliphatic carbocycles. The molecule has 2 aliphatic rings. The molecule has 1 aromatic heterocycles. The van der Waals surface area contributed by atoms with Gasteiger partial charge in [0.05, 0.1) is 24.3 Å². The van der Waals surface area contributed by atoms with Crippen molar-refractivity contribution >= 4 is 57.3 Å². The van der Waals surface area contributed by atoms with E-state index >= 15 is 0 Å². The number of aromatic nitrogens is 2. The van der Waals surface area contributed by atoms with Crippen molar-refractivity contribution in [2.24, 2.45) is 0 Å². The lowest BCUT2D eigenvalue weighted by Crippen LogP contribution is -2.36. The number of carboxylic acids is 1. The lowest BCUT2D eigenvalue weighted by atomic mass is 10.0. The Kier molecular flexibility index (Phi) is 8.06. The van der Waals surface area contributed by atoms with E-state index in [-0.39, 0.29) is 0 Å². The Morgan fingerprint density at radius 3 is 2.83 bits per heavy atom. The third kappa shape index (κ3) is 5.67. The SMILES string of the molecule is O=C(O)C(=CCSCCCN1CCOCC1)c1ccc2ncnc(N3CCc4ccc(Cl)cc43)c2c1. The Balaban J connectivity index is 1.32. The molecule has 0 unspecified atom stereocenters. The van der Waals surface area contributed by atoms with Crippen molar-refractivity contribution < 1.29 is 14.6 Å². The van der Waals surface area contributed by atoms with Crippen molar-refractivity contribution in [1.29, 1.82) is 0 Å². The number of fused-ring (bicyclic) bond motifs is 2. The summed E-state index contributed by atoms with van der Waals surface area (Å²) in [5.41, 5.74) is 4.00. The van der Waals surface area contributed by atoms with E-state index in [1.165, 1.54) is 5.56 Å². The number of nitrogens with zero attached hydrogens (tertiary/aromatic N) is 4. The molecule has 0 bridgehead atoms. The van der Waals surface area contributed by atoms with Crippen LogP contribution >= 0.6 is 23.4 Å². The molecule has 0 spiro atoms. The van der Waals surface area contributed by atoms with Crippen molar-refractivity contribution in [2.75, 3.05) is 55.8 Å². The van der Waals surface area contributed by atoms with Gasteiger partial charge in [-0.3, -0.25) is 4.90 Å². The Morgan fingerprint density at radius 2 is 2.00 bits per heavy atom. The van der Waals surface area contributed by atoms with Crippen LogP contribution in [0.5, 0.6) is 0 Å². The molecule has 3 heterocycles. The first-order chi connectivity index (χ1) is 17.6. The van der Waals surface area contributed by atoms with Gasteiger partial charge in [0.2, 0.25) is 0 Å². The van der Waals surface area contributed by atoms with E-state index in [0.29, 0.717) is 21.9 Å². The third-order valence-electron chi connectivity index (χ3n) is 6.63. The lowest BCUT2D eigenvalue weighted by molar-refractivity contribution is -0.130. The molecule has 1 fully saturated rings. The maximum absolute atomic E-state index is 12.2. The minimum Gasteiger partial charge on any atom is -0.478 e. The Labute approximate surface area is 220 Å². The van der Waals surface area contributed by atoms with Crippen LogP contribution in [0.2, 0.25) is 5.02 Å². The number of hydrogen-bond acceptors (Lipinski definition) is 7. The molecule has 7 nitrogen and oxygen atoms in total. The number of ether oxygens (including phenoxy) is 1. The molecule has 188 valence electrons. The van der Waals surface area contributed by atoms with E-state index in [9.17, 15) is 9.90 Å². The standard InChI is InChI=1S/C27H29ClN4O3S/c28-21-4-2-19-6-9-32(25(19)17-21)26-23-16-20(3-5-24(23)29-18-30-26)22(27(33)34)7-15-36-14-1-8-31-10-12-35-13-11-31/h2-5,7,16-18H,1,6,8-15H2,(H,33,34). The maximum Gasteiger partial charge on any atom is 0.335 e. The van der Waals surface area contributed by atoms with Crippen molar-refractivity contribution in [3.05, 3.63) is 65.0 Å². The maximum atomic E-state index is 12.2. The molecule has 2 aliphatic heterocycles. The fourth-order valence-electron chi connectivity index (χ4n) is 4.77. The molecule has 3 aromatic rings. The van der Waals surface area contributed by atoms with Gasteiger partial charge in [-0.25, -0.2) is 14.8 Å². The molecule has 0 radical (unpaired) electrons. The number of hydrogen-bond donors (Lipinski definition) is 1. The summed E-state index contributed by atoms with van der Waals surface area (Å²) in [5.74, 6) is 1.48. The molecule has 9 heteroatoms. The zero-order chi connectivity index (χ0) is 24.9. The van der Waals surface area contributed by atoms with Gasteiger partial charge >= 0.3 is 5.97 Å². The van der Waals surface area contributed by atoms with Crippen LogP contribution in [-0.4, -0.2) is 76.8 Å². The van der Waals surface area contributed by atoms with Gasteiger partial charge < -0.3 is 14.7 Å². The van der Waals surface area contributed by atoms with Gasteiger partial charge in [0.15, 0.2) is 0 Å². The lowest BCUT2D eigenvalue weighted by Gasteiger charge is -2.26. The number of halogens is 1. The Morgan fingerprint density at radius 1 is 1.14 bits per heavy atom. The summed E-state index contributed by atoms with van der Waals surface area (Å²) in [6.07, 6.45) is 5.36. The molecule has 1 N–H and O–H groups in total. The highest BCUT2D eigenvalue weighted by molar-refractivity contribution is 7.99. The molecule has 0 atom stereocenters. The van der Waals surface area contributed by atoms with Crippen LogP contribution in [0.15, 0.2) is 48.8 Å². The zero-order valence-corrected chi connectivity index (χ0v) is 21.6. The van der Waals surface area contributed by atoms with Crippen LogP contribution in [0.3, 0.4) is 0 Å². The summed E-state index contributed by atoms with van der Waals surface area (Å²) in [7, 11) is 0.